The van der Waals surface area contributed by atoms with E-state index in [1.165, 1.54) is 24.3 Å². The van der Waals surface area contributed by atoms with Crippen molar-refractivity contribution >= 4 is 18.2 Å². The van der Waals surface area contributed by atoms with Crippen LogP contribution in [0.4, 0.5) is 0 Å². The van der Waals surface area contributed by atoms with Gasteiger partial charge in [-0.2, -0.15) is 0 Å². The number of carboxylic acids is 1. The molecule has 5 nitrogen and oxygen atoms in total. The largest absolute Gasteiger partial charge is 0.478 e. The average molecular weight is 207 g/mol. The number of hydrogen-bond donors (Lipinski definition) is 2. The predicted octanol–water partition coefficient (Wildman–Crippen LogP) is 0.313. The van der Waals surface area contributed by atoms with Crippen molar-refractivity contribution in [3.8, 4) is 0 Å². The molecule has 0 bridgehead atoms. The molecular weight excluding hydrogens is 198 g/mol. The number of aromatic carboxylic acids is 1. The molecule has 5 heteroatoms. The number of nitrogens with one attached hydrogen (secondary N) is 1. The van der Waals surface area contributed by atoms with Crippen molar-refractivity contribution in [3.05, 3.63) is 35.4 Å². The molecule has 0 unspecified atom stereocenters. The number of hydrogen-bond acceptors (Lipinski definition) is 3. The van der Waals surface area contributed by atoms with Gasteiger partial charge in [0.2, 0.25) is 0 Å². The molecule has 0 fully saturated rings. The fourth-order valence-electron chi connectivity index (χ4n) is 1.03. The van der Waals surface area contributed by atoms with Crippen LogP contribution in [0.15, 0.2) is 24.3 Å². The number of benzene rings is 1. The van der Waals surface area contributed by atoms with Gasteiger partial charge in [0.05, 0.1) is 12.1 Å². The number of amides is 1. The van der Waals surface area contributed by atoms with Gasteiger partial charge in [0.1, 0.15) is 6.29 Å². The van der Waals surface area contributed by atoms with Gasteiger partial charge in [-0.05, 0) is 18.2 Å². The molecule has 2 N–H and O–H groups in total. The van der Waals surface area contributed by atoms with Crippen LogP contribution in [0.5, 0.6) is 0 Å². The molecule has 0 saturated heterocycles. The Kier molecular flexibility index (Phi) is 3.56. The summed E-state index contributed by atoms with van der Waals surface area (Å²) < 4.78 is 0. The van der Waals surface area contributed by atoms with E-state index in [1.54, 1.807) is 0 Å². The molecule has 78 valence electrons. The smallest absolute Gasteiger partial charge is 0.335 e. The third kappa shape index (κ3) is 2.91. The van der Waals surface area contributed by atoms with Crippen LogP contribution in [-0.2, 0) is 4.79 Å². The lowest BCUT2D eigenvalue weighted by Gasteiger charge is -2.02. The summed E-state index contributed by atoms with van der Waals surface area (Å²) in [6, 6.07) is 5.59. The minimum absolute atomic E-state index is 0.0359. The number of aldehydes is 1. The molecule has 0 heterocycles. The van der Waals surface area contributed by atoms with Crippen LogP contribution in [0, 0.1) is 0 Å². The maximum Gasteiger partial charge on any atom is 0.335 e. The van der Waals surface area contributed by atoms with Gasteiger partial charge < -0.3 is 15.2 Å². The summed E-state index contributed by atoms with van der Waals surface area (Å²) in [7, 11) is 0. The van der Waals surface area contributed by atoms with E-state index in [4.69, 9.17) is 5.11 Å². The molecule has 0 atom stereocenters. The van der Waals surface area contributed by atoms with Gasteiger partial charge in [0, 0.05) is 5.56 Å². The van der Waals surface area contributed by atoms with Crippen molar-refractivity contribution in [2.75, 3.05) is 6.54 Å². The predicted molar refractivity (Wildman–Crippen MR) is 51.8 cm³/mol. The first-order chi connectivity index (χ1) is 7.15. The molecule has 1 amide bonds. The molecule has 15 heavy (non-hydrogen) atoms. The van der Waals surface area contributed by atoms with Crippen LogP contribution in [0.2, 0.25) is 0 Å². The maximum absolute atomic E-state index is 11.3. The topological polar surface area (TPSA) is 83.5 Å². The number of rotatable bonds is 4. The van der Waals surface area contributed by atoms with E-state index in [9.17, 15) is 14.4 Å². The number of carboxylic acid groups (broad SMARTS) is 1. The summed E-state index contributed by atoms with van der Waals surface area (Å²) in [6.07, 6.45) is 0.555. The first-order valence-corrected chi connectivity index (χ1v) is 4.20. The SMILES string of the molecule is O=CCNC(=O)c1cccc(C(=O)O)c1. The summed E-state index contributed by atoms with van der Waals surface area (Å²) in [6.45, 7) is -0.0872. The number of carbonyl (C=O) groups is 3. The lowest BCUT2D eigenvalue weighted by Crippen LogP contribution is -2.25. The molecule has 1 rings (SSSR count). The van der Waals surface area contributed by atoms with Gasteiger partial charge in [-0.15, -0.1) is 0 Å². The average Bonchev–Trinajstić information content (AvgIpc) is 2.26. The summed E-state index contributed by atoms with van der Waals surface area (Å²) >= 11 is 0. The molecule has 0 aliphatic heterocycles. The van der Waals surface area contributed by atoms with E-state index >= 15 is 0 Å². The van der Waals surface area contributed by atoms with E-state index in [1.807, 2.05) is 0 Å². The Bertz CT molecular complexity index is 400. The van der Waals surface area contributed by atoms with Gasteiger partial charge in [0.25, 0.3) is 5.91 Å². The van der Waals surface area contributed by atoms with Crippen LogP contribution in [0.25, 0.3) is 0 Å². The molecule has 0 saturated carbocycles. The highest BCUT2D eigenvalue weighted by molar-refractivity contribution is 5.98. The van der Waals surface area contributed by atoms with E-state index in [0.29, 0.717) is 6.29 Å². The van der Waals surface area contributed by atoms with Crippen molar-refractivity contribution < 1.29 is 19.5 Å². The Balaban J connectivity index is 2.85. The van der Waals surface area contributed by atoms with Crippen molar-refractivity contribution in [3.63, 3.8) is 0 Å². The third-order valence-electron chi connectivity index (χ3n) is 1.72. The Labute approximate surface area is 85.7 Å². The minimum atomic E-state index is -1.10. The summed E-state index contributed by atoms with van der Waals surface area (Å²) in [5.74, 6) is -1.56. The van der Waals surface area contributed by atoms with Crippen LogP contribution in [0.1, 0.15) is 20.7 Å². The zero-order chi connectivity index (χ0) is 11.3. The molecule has 0 radical (unpaired) electrons. The Morgan fingerprint density at radius 1 is 1.33 bits per heavy atom. The van der Waals surface area contributed by atoms with E-state index < -0.39 is 11.9 Å². The Morgan fingerprint density at radius 3 is 2.60 bits per heavy atom. The summed E-state index contributed by atoms with van der Waals surface area (Å²) in [5.41, 5.74) is 0.255. The van der Waals surface area contributed by atoms with Gasteiger partial charge in [0.15, 0.2) is 0 Å². The van der Waals surface area contributed by atoms with Crippen LogP contribution < -0.4 is 5.32 Å². The molecule has 1 aromatic carbocycles. The first-order valence-electron chi connectivity index (χ1n) is 4.20. The summed E-state index contributed by atoms with van der Waals surface area (Å²) in [5, 5.41) is 11.0. The van der Waals surface area contributed by atoms with Gasteiger partial charge >= 0.3 is 5.97 Å². The van der Waals surface area contributed by atoms with Gasteiger partial charge in [-0.1, -0.05) is 6.07 Å². The van der Waals surface area contributed by atoms with Crippen LogP contribution >= 0.6 is 0 Å². The Hall–Kier alpha value is -2.17. The molecule has 0 aliphatic rings. The standard InChI is InChI=1S/C10H9NO4/c12-5-4-11-9(13)7-2-1-3-8(6-7)10(14)15/h1-3,5-6H,4H2,(H,11,13)(H,14,15). The summed E-state index contributed by atoms with van der Waals surface area (Å²) in [4.78, 5) is 31.9. The number of carbonyl (C=O) groups excluding carboxylic acids is 2. The molecule has 0 aromatic heterocycles. The third-order valence-corrected chi connectivity index (χ3v) is 1.72. The zero-order valence-corrected chi connectivity index (χ0v) is 7.77. The second kappa shape index (κ2) is 4.90. The highest BCUT2D eigenvalue weighted by atomic mass is 16.4. The molecular formula is C10H9NO4. The van der Waals surface area contributed by atoms with Crippen LogP contribution in [-0.4, -0.2) is 29.8 Å². The highest BCUT2D eigenvalue weighted by Crippen LogP contribution is 2.04. The van der Waals surface area contributed by atoms with E-state index in [2.05, 4.69) is 5.32 Å². The van der Waals surface area contributed by atoms with Crippen molar-refractivity contribution in [2.24, 2.45) is 0 Å². The van der Waals surface area contributed by atoms with Crippen molar-refractivity contribution in [2.45, 2.75) is 0 Å². The molecule has 0 spiro atoms. The fraction of sp³-hybridized carbons (Fsp3) is 0.100. The fourth-order valence-corrected chi connectivity index (χ4v) is 1.03. The maximum atomic E-state index is 11.3. The van der Waals surface area contributed by atoms with Crippen molar-refractivity contribution in [1.82, 2.24) is 5.32 Å². The zero-order valence-electron chi connectivity index (χ0n) is 7.77. The van der Waals surface area contributed by atoms with Gasteiger partial charge in [-0.3, -0.25) is 4.79 Å². The monoisotopic (exact) mass is 207 g/mol. The first kappa shape index (κ1) is 10.9. The van der Waals surface area contributed by atoms with Crippen molar-refractivity contribution in [1.29, 1.82) is 0 Å². The quantitative estimate of drug-likeness (QED) is 0.696. The highest BCUT2D eigenvalue weighted by Gasteiger charge is 2.08. The van der Waals surface area contributed by atoms with Crippen LogP contribution in [0.3, 0.4) is 0 Å². The molecule has 1 aromatic rings. The molecule has 0 aliphatic carbocycles. The second-order valence-electron chi connectivity index (χ2n) is 2.76. The second-order valence-corrected chi connectivity index (χ2v) is 2.76. The van der Waals surface area contributed by atoms with E-state index in [-0.39, 0.29) is 17.7 Å². The lowest BCUT2D eigenvalue weighted by atomic mass is 10.1. The van der Waals surface area contributed by atoms with Gasteiger partial charge in [-0.25, -0.2) is 4.79 Å². The normalized spacial score (nSPS) is 9.33. The lowest BCUT2D eigenvalue weighted by molar-refractivity contribution is -0.107. The Morgan fingerprint density at radius 2 is 2.00 bits per heavy atom. The van der Waals surface area contributed by atoms with E-state index in [0.717, 1.165) is 0 Å². The minimum Gasteiger partial charge on any atom is -0.478 e.